The number of H-pyrrole nitrogens is 1. The summed E-state index contributed by atoms with van der Waals surface area (Å²) in [4.78, 5) is 11.7. The van der Waals surface area contributed by atoms with Crippen LogP contribution < -0.4 is 5.32 Å². The van der Waals surface area contributed by atoms with E-state index in [1.807, 2.05) is 39.0 Å². The van der Waals surface area contributed by atoms with Gasteiger partial charge in [0, 0.05) is 17.3 Å². The molecule has 2 rings (SSSR count). The van der Waals surface area contributed by atoms with Crippen molar-refractivity contribution in [2.45, 2.75) is 27.3 Å². The van der Waals surface area contributed by atoms with E-state index in [9.17, 15) is 4.79 Å². The summed E-state index contributed by atoms with van der Waals surface area (Å²) >= 11 is 0. The van der Waals surface area contributed by atoms with Gasteiger partial charge in [0.15, 0.2) is 0 Å². The van der Waals surface area contributed by atoms with E-state index in [1.165, 1.54) is 0 Å². The molecule has 90 valence electrons. The third kappa shape index (κ3) is 2.64. The Kier molecular flexibility index (Phi) is 2.88. The van der Waals surface area contributed by atoms with Gasteiger partial charge in [-0.3, -0.25) is 9.89 Å². The average Bonchev–Trinajstić information content (AvgIpc) is 2.71. The molecule has 17 heavy (non-hydrogen) atoms. The summed E-state index contributed by atoms with van der Waals surface area (Å²) in [6.07, 6.45) is 1.78. The van der Waals surface area contributed by atoms with Crippen LogP contribution in [0.2, 0.25) is 0 Å². The molecule has 2 aromatic rings. The predicted molar refractivity (Wildman–Crippen MR) is 67.4 cm³/mol. The van der Waals surface area contributed by atoms with Gasteiger partial charge in [-0.05, 0) is 11.6 Å². The number of carbonyl (C=O) groups is 1. The summed E-state index contributed by atoms with van der Waals surface area (Å²) in [6, 6.07) is 6.00. The Labute approximate surface area is 100 Å². The van der Waals surface area contributed by atoms with E-state index < -0.39 is 0 Å². The molecule has 0 fully saturated rings. The number of carbonyl (C=O) groups excluding carboxylic acids is 1. The van der Waals surface area contributed by atoms with Crippen molar-refractivity contribution in [2.75, 3.05) is 0 Å². The zero-order valence-corrected chi connectivity index (χ0v) is 10.4. The van der Waals surface area contributed by atoms with Crippen molar-refractivity contribution in [2.24, 2.45) is 5.41 Å². The first-order valence-electron chi connectivity index (χ1n) is 5.67. The fraction of sp³-hybridized carbons (Fsp3) is 0.385. The van der Waals surface area contributed by atoms with Gasteiger partial charge in [0.05, 0.1) is 11.7 Å². The largest absolute Gasteiger partial charge is 0.352 e. The normalized spacial score (nSPS) is 11.7. The maximum absolute atomic E-state index is 11.7. The zero-order valence-electron chi connectivity index (χ0n) is 10.4. The third-order valence-electron chi connectivity index (χ3n) is 2.64. The highest BCUT2D eigenvalue weighted by atomic mass is 16.2. The monoisotopic (exact) mass is 231 g/mol. The van der Waals surface area contributed by atoms with Gasteiger partial charge >= 0.3 is 0 Å². The minimum atomic E-state index is -0.349. The number of hydrogen-bond donors (Lipinski definition) is 2. The van der Waals surface area contributed by atoms with Crippen LogP contribution in [0.3, 0.4) is 0 Å². The van der Waals surface area contributed by atoms with Crippen LogP contribution >= 0.6 is 0 Å². The number of amides is 1. The van der Waals surface area contributed by atoms with Gasteiger partial charge in [-0.2, -0.15) is 5.10 Å². The maximum Gasteiger partial charge on any atom is 0.225 e. The number of nitrogens with zero attached hydrogens (tertiary/aromatic N) is 1. The maximum atomic E-state index is 11.7. The topological polar surface area (TPSA) is 57.8 Å². The highest BCUT2D eigenvalue weighted by molar-refractivity contribution is 5.82. The lowest BCUT2D eigenvalue weighted by molar-refractivity contribution is -0.128. The van der Waals surface area contributed by atoms with Crippen molar-refractivity contribution >= 4 is 16.8 Å². The number of aromatic amines is 1. The first-order chi connectivity index (χ1) is 7.97. The van der Waals surface area contributed by atoms with Crippen LogP contribution in [0.1, 0.15) is 26.3 Å². The Hall–Kier alpha value is -1.84. The highest BCUT2D eigenvalue weighted by Crippen LogP contribution is 2.15. The Balaban J connectivity index is 2.06. The molecule has 0 bridgehead atoms. The van der Waals surface area contributed by atoms with E-state index in [-0.39, 0.29) is 11.3 Å². The molecule has 0 saturated carbocycles. The van der Waals surface area contributed by atoms with Crippen LogP contribution in [0.5, 0.6) is 0 Å². The van der Waals surface area contributed by atoms with Crippen molar-refractivity contribution in [3.63, 3.8) is 0 Å². The first-order valence-corrected chi connectivity index (χ1v) is 5.67. The Bertz CT molecular complexity index is 537. The van der Waals surface area contributed by atoms with E-state index in [2.05, 4.69) is 15.5 Å². The van der Waals surface area contributed by atoms with Crippen molar-refractivity contribution in [1.29, 1.82) is 0 Å². The molecular weight excluding hydrogens is 214 g/mol. The molecule has 4 heteroatoms. The Morgan fingerprint density at radius 1 is 1.41 bits per heavy atom. The van der Waals surface area contributed by atoms with Crippen LogP contribution in [0, 0.1) is 5.41 Å². The van der Waals surface area contributed by atoms with E-state index >= 15 is 0 Å². The minimum absolute atomic E-state index is 0.0576. The Morgan fingerprint density at radius 2 is 2.18 bits per heavy atom. The highest BCUT2D eigenvalue weighted by Gasteiger charge is 2.20. The number of rotatable bonds is 2. The van der Waals surface area contributed by atoms with E-state index in [0.717, 1.165) is 16.5 Å². The van der Waals surface area contributed by atoms with Gasteiger partial charge in [0.1, 0.15) is 0 Å². The van der Waals surface area contributed by atoms with Gasteiger partial charge in [0.2, 0.25) is 5.91 Å². The third-order valence-corrected chi connectivity index (χ3v) is 2.64. The summed E-state index contributed by atoms with van der Waals surface area (Å²) in [6.45, 7) is 6.26. The van der Waals surface area contributed by atoms with Crippen LogP contribution in [-0.2, 0) is 11.3 Å². The number of fused-ring (bicyclic) bond motifs is 1. The van der Waals surface area contributed by atoms with E-state index in [0.29, 0.717) is 6.54 Å². The van der Waals surface area contributed by atoms with Crippen molar-refractivity contribution in [1.82, 2.24) is 15.5 Å². The molecule has 2 N–H and O–H groups in total. The van der Waals surface area contributed by atoms with Crippen molar-refractivity contribution < 1.29 is 4.79 Å². The van der Waals surface area contributed by atoms with Gasteiger partial charge in [0.25, 0.3) is 0 Å². The lowest BCUT2D eigenvalue weighted by Crippen LogP contribution is -2.34. The first kappa shape index (κ1) is 11.6. The quantitative estimate of drug-likeness (QED) is 0.832. The second-order valence-corrected chi connectivity index (χ2v) is 5.22. The van der Waals surface area contributed by atoms with Gasteiger partial charge in [-0.15, -0.1) is 0 Å². The van der Waals surface area contributed by atoms with Gasteiger partial charge in [-0.25, -0.2) is 0 Å². The van der Waals surface area contributed by atoms with E-state index in [4.69, 9.17) is 0 Å². The van der Waals surface area contributed by atoms with E-state index in [1.54, 1.807) is 6.20 Å². The fourth-order valence-electron chi connectivity index (χ4n) is 1.54. The lowest BCUT2D eigenvalue weighted by Gasteiger charge is -2.17. The second kappa shape index (κ2) is 4.20. The van der Waals surface area contributed by atoms with Crippen molar-refractivity contribution in [3.8, 4) is 0 Å². The number of aromatic nitrogens is 2. The molecule has 1 aromatic heterocycles. The SMILES string of the molecule is CC(C)(C)C(=O)NCc1ccc2cn[nH]c2c1. The number of hydrogen-bond acceptors (Lipinski definition) is 2. The molecule has 0 radical (unpaired) electrons. The molecule has 1 heterocycles. The summed E-state index contributed by atoms with van der Waals surface area (Å²) < 4.78 is 0. The summed E-state index contributed by atoms with van der Waals surface area (Å²) in [7, 11) is 0. The summed E-state index contributed by atoms with van der Waals surface area (Å²) in [5.74, 6) is 0.0576. The zero-order chi connectivity index (χ0) is 12.5. The van der Waals surface area contributed by atoms with Gasteiger partial charge in [-0.1, -0.05) is 32.9 Å². The lowest BCUT2D eigenvalue weighted by atomic mass is 9.95. The average molecular weight is 231 g/mol. The van der Waals surface area contributed by atoms with Crippen LogP contribution in [0.4, 0.5) is 0 Å². The van der Waals surface area contributed by atoms with Crippen molar-refractivity contribution in [3.05, 3.63) is 30.0 Å². The standard InChI is InChI=1S/C13H17N3O/c1-13(2,3)12(17)14-7-9-4-5-10-8-15-16-11(10)6-9/h4-6,8H,7H2,1-3H3,(H,14,17)(H,15,16). The van der Waals surface area contributed by atoms with Crippen LogP contribution in [0.15, 0.2) is 24.4 Å². The Morgan fingerprint density at radius 3 is 2.88 bits per heavy atom. The number of nitrogens with one attached hydrogen (secondary N) is 2. The molecule has 1 amide bonds. The number of benzene rings is 1. The molecule has 0 saturated heterocycles. The summed E-state index contributed by atoms with van der Waals surface area (Å²) in [5, 5.41) is 10.9. The molecule has 0 unspecified atom stereocenters. The molecular formula is C13H17N3O. The molecule has 0 atom stereocenters. The molecule has 0 spiro atoms. The summed E-state index contributed by atoms with van der Waals surface area (Å²) in [5.41, 5.74) is 1.71. The smallest absolute Gasteiger partial charge is 0.225 e. The van der Waals surface area contributed by atoms with Crippen LogP contribution in [0.25, 0.3) is 10.9 Å². The molecule has 0 aliphatic heterocycles. The second-order valence-electron chi connectivity index (χ2n) is 5.22. The molecule has 0 aliphatic carbocycles. The molecule has 0 aliphatic rings. The predicted octanol–water partition coefficient (Wildman–Crippen LogP) is 2.23. The molecule has 4 nitrogen and oxygen atoms in total. The molecule has 1 aromatic carbocycles. The van der Waals surface area contributed by atoms with Gasteiger partial charge < -0.3 is 5.32 Å². The van der Waals surface area contributed by atoms with Crippen LogP contribution in [-0.4, -0.2) is 16.1 Å². The minimum Gasteiger partial charge on any atom is -0.352 e. The fourth-order valence-corrected chi connectivity index (χ4v) is 1.54.